The van der Waals surface area contributed by atoms with Crippen molar-refractivity contribution in [3.05, 3.63) is 0 Å². The standard InChI is InChI=1S/C8H15NO2.Na.H/c10-8(11)5-2-6-9-7-3-1-4-7;;/h7,9H,1-6H2,(H,10,11);;. The van der Waals surface area contributed by atoms with Crippen LogP contribution in [-0.2, 0) is 4.79 Å². The summed E-state index contributed by atoms with van der Waals surface area (Å²) in [5.41, 5.74) is 0. The molecule has 0 bridgehead atoms. The molecular formula is C8H16NNaO2. The van der Waals surface area contributed by atoms with Crippen LogP contribution < -0.4 is 5.32 Å². The monoisotopic (exact) mass is 181 g/mol. The van der Waals surface area contributed by atoms with Gasteiger partial charge in [0, 0.05) is 12.5 Å². The van der Waals surface area contributed by atoms with Gasteiger partial charge in [0.15, 0.2) is 0 Å². The zero-order valence-corrected chi connectivity index (χ0v) is 6.68. The van der Waals surface area contributed by atoms with E-state index in [1.54, 1.807) is 0 Å². The predicted octanol–water partition coefficient (Wildman–Crippen LogP) is 0.345. The van der Waals surface area contributed by atoms with Crippen molar-refractivity contribution in [3.8, 4) is 0 Å². The number of nitrogens with one attached hydrogen (secondary N) is 1. The fourth-order valence-corrected chi connectivity index (χ4v) is 1.16. The molecule has 4 heteroatoms. The average Bonchev–Trinajstić information content (AvgIpc) is 1.82. The van der Waals surface area contributed by atoms with Gasteiger partial charge in [0.1, 0.15) is 0 Å². The Kier molecular flexibility index (Phi) is 7.14. The zero-order valence-electron chi connectivity index (χ0n) is 6.68. The summed E-state index contributed by atoms with van der Waals surface area (Å²) < 4.78 is 0. The summed E-state index contributed by atoms with van der Waals surface area (Å²) in [6, 6.07) is 0.684. The van der Waals surface area contributed by atoms with Gasteiger partial charge in [-0.1, -0.05) is 6.42 Å². The Morgan fingerprint density at radius 2 is 2.17 bits per heavy atom. The second-order valence-corrected chi connectivity index (χ2v) is 3.08. The Morgan fingerprint density at radius 3 is 2.58 bits per heavy atom. The number of carbonyl (C=O) groups is 1. The first-order valence-corrected chi connectivity index (χ1v) is 4.24. The fourth-order valence-electron chi connectivity index (χ4n) is 1.16. The Hall–Kier alpha value is 0.430. The summed E-state index contributed by atoms with van der Waals surface area (Å²) >= 11 is 0. The number of carboxylic acid groups (broad SMARTS) is 1. The molecule has 0 aromatic rings. The summed E-state index contributed by atoms with van der Waals surface area (Å²) in [7, 11) is 0. The van der Waals surface area contributed by atoms with Crippen LogP contribution in [0.2, 0.25) is 0 Å². The van der Waals surface area contributed by atoms with Crippen molar-refractivity contribution in [2.75, 3.05) is 6.54 Å². The third kappa shape index (κ3) is 5.14. The van der Waals surface area contributed by atoms with Crippen molar-refractivity contribution in [1.29, 1.82) is 0 Å². The van der Waals surface area contributed by atoms with E-state index >= 15 is 0 Å². The van der Waals surface area contributed by atoms with Gasteiger partial charge in [0.2, 0.25) is 0 Å². The average molecular weight is 181 g/mol. The summed E-state index contributed by atoms with van der Waals surface area (Å²) in [5.74, 6) is -0.694. The summed E-state index contributed by atoms with van der Waals surface area (Å²) in [4.78, 5) is 10.1. The van der Waals surface area contributed by atoms with E-state index in [-0.39, 0.29) is 29.6 Å². The minimum absolute atomic E-state index is 0. The van der Waals surface area contributed by atoms with Crippen LogP contribution in [-0.4, -0.2) is 53.2 Å². The van der Waals surface area contributed by atoms with E-state index in [4.69, 9.17) is 5.11 Å². The number of carboxylic acids is 1. The topological polar surface area (TPSA) is 49.3 Å². The molecule has 1 fully saturated rings. The molecule has 0 spiro atoms. The van der Waals surface area contributed by atoms with Crippen LogP contribution in [0.4, 0.5) is 0 Å². The van der Waals surface area contributed by atoms with Gasteiger partial charge in [-0.15, -0.1) is 0 Å². The first-order chi connectivity index (χ1) is 5.29. The molecule has 0 aromatic carbocycles. The Bertz CT molecular complexity index is 137. The number of hydrogen-bond acceptors (Lipinski definition) is 2. The molecule has 0 amide bonds. The van der Waals surface area contributed by atoms with Gasteiger partial charge in [-0.25, -0.2) is 0 Å². The summed E-state index contributed by atoms with van der Waals surface area (Å²) in [6.07, 6.45) is 4.92. The molecule has 1 aliphatic carbocycles. The summed E-state index contributed by atoms with van der Waals surface area (Å²) in [6.45, 7) is 0.858. The van der Waals surface area contributed by atoms with Crippen LogP contribution in [0.25, 0.3) is 0 Å². The molecule has 66 valence electrons. The molecule has 0 heterocycles. The molecule has 0 saturated heterocycles. The first-order valence-electron chi connectivity index (χ1n) is 4.24. The molecule has 1 saturated carbocycles. The quantitative estimate of drug-likeness (QED) is 0.475. The molecule has 2 N–H and O–H groups in total. The molecule has 0 unspecified atom stereocenters. The van der Waals surface area contributed by atoms with Crippen molar-refractivity contribution in [2.24, 2.45) is 0 Å². The van der Waals surface area contributed by atoms with Gasteiger partial charge >= 0.3 is 35.5 Å². The molecular weight excluding hydrogens is 165 g/mol. The second-order valence-electron chi connectivity index (χ2n) is 3.08. The predicted molar refractivity (Wildman–Crippen MR) is 49.7 cm³/mol. The molecule has 3 nitrogen and oxygen atoms in total. The van der Waals surface area contributed by atoms with Gasteiger partial charge in [-0.3, -0.25) is 4.79 Å². The number of rotatable bonds is 5. The van der Waals surface area contributed by atoms with Crippen molar-refractivity contribution in [1.82, 2.24) is 5.32 Å². The molecule has 1 aliphatic rings. The van der Waals surface area contributed by atoms with Crippen LogP contribution >= 0.6 is 0 Å². The van der Waals surface area contributed by atoms with Crippen molar-refractivity contribution in [2.45, 2.75) is 38.1 Å². The molecule has 0 radical (unpaired) electrons. The van der Waals surface area contributed by atoms with E-state index in [9.17, 15) is 4.79 Å². The van der Waals surface area contributed by atoms with Crippen molar-refractivity contribution in [3.63, 3.8) is 0 Å². The van der Waals surface area contributed by atoms with E-state index < -0.39 is 5.97 Å². The molecule has 1 rings (SSSR count). The minimum atomic E-state index is -0.694. The third-order valence-corrected chi connectivity index (χ3v) is 2.11. The van der Waals surface area contributed by atoms with Crippen LogP contribution in [0, 0.1) is 0 Å². The Labute approximate surface area is 95.2 Å². The van der Waals surface area contributed by atoms with E-state index in [2.05, 4.69) is 5.32 Å². The maximum absolute atomic E-state index is 10.1. The van der Waals surface area contributed by atoms with Crippen molar-refractivity contribution >= 4 is 35.5 Å². The van der Waals surface area contributed by atoms with Gasteiger partial charge < -0.3 is 10.4 Å². The first kappa shape index (κ1) is 12.4. The molecule has 12 heavy (non-hydrogen) atoms. The van der Waals surface area contributed by atoms with Gasteiger partial charge in [0.25, 0.3) is 0 Å². The van der Waals surface area contributed by atoms with Crippen molar-refractivity contribution < 1.29 is 9.90 Å². The zero-order chi connectivity index (χ0) is 8.10. The maximum atomic E-state index is 10.1. The number of hydrogen-bond donors (Lipinski definition) is 2. The SMILES string of the molecule is O=C(O)CCCNC1CCC1.[NaH]. The van der Waals surface area contributed by atoms with Gasteiger partial charge in [-0.05, 0) is 25.8 Å². The van der Waals surface area contributed by atoms with Gasteiger partial charge in [0.05, 0.1) is 0 Å². The molecule has 0 atom stereocenters. The number of aliphatic carboxylic acids is 1. The summed E-state index contributed by atoms with van der Waals surface area (Å²) in [5, 5.41) is 11.6. The Balaban J connectivity index is 0.00000121. The van der Waals surface area contributed by atoms with Crippen LogP contribution in [0.1, 0.15) is 32.1 Å². The Morgan fingerprint density at radius 1 is 1.50 bits per heavy atom. The molecule has 0 aliphatic heterocycles. The fraction of sp³-hybridized carbons (Fsp3) is 0.875. The molecule has 0 aromatic heterocycles. The van der Waals surface area contributed by atoms with Crippen LogP contribution in [0.5, 0.6) is 0 Å². The van der Waals surface area contributed by atoms with E-state index in [0.717, 1.165) is 13.0 Å². The van der Waals surface area contributed by atoms with Crippen LogP contribution in [0.15, 0.2) is 0 Å². The van der Waals surface area contributed by atoms with E-state index in [1.165, 1.54) is 19.3 Å². The normalized spacial score (nSPS) is 16.3. The van der Waals surface area contributed by atoms with E-state index in [0.29, 0.717) is 12.5 Å². The van der Waals surface area contributed by atoms with Crippen LogP contribution in [0.3, 0.4) is 0 Å². The third-order valence-electron chi connectivity index (χ3n) is 2.11. The van der Waals surface area contributed by atoms with E-state index in [1.807, 2.05) is 0 Å². The second kappa shape index (κ2) is 6.89. The van der Waals surface area contributed by atoms with Gasteiger partial charge in [-0.2, -0.15) is 0 Å².